The normalized spacial score (nSPS) is 20.1. The molecule has 0 aliphatic carbocycles. The predicted molar refractivity (Wildman–Crippen MR) is 109 cm³/mol. The molecule has 2 aliphatic heterocycles. The van der Waals surface area contributed by atoms with E-state index in [4.69, 9.17) is 28.0 Å². The summed E-state index contributed by atoms with van der Waals surface area (Å²) in [6, 6.07) is 5.18. The number of amides is 1. The summed E-state index contributed by atoms with van der Waals surface area (Å²) in [6.45, 7) is -0.372. The van der Waals surface area contributed by atoms with E-state index in [-0.39, 0.29) is 46.8 Å². The highest BCUT2D eigenvalue weighted by Gasteiger charge is 2.63. The summed E-state index contributed by atoms with van der Waals surface area (Å²) in [6.07, 6.45) is -3.88. The molecule has 1 N–H and O–H groups in total. The van der Waals surface area contributed by atoms with Crippen molar-refractivity contribution in [3.63, 3.8) is 0 Å². The molecule has 1 aromatic heterocycles. The number of pyridine rings is 1. The molecule has 32 heavy (non-hydrogen) atoms. The second-order valence-electron chi connectivity index (χ2n) is 7.40. The van der Waals surface area contributed by atoms with Crippen molar-refractivity contribution in [3.8, 4) is 0 Å². The van der Waals surface area contributed by atoms with Gasteiger partial charge in [0.15, 0.2) is 0 Å². The number of nitrogens with one attached hydrogen (secondary N) is 1. The third-order valence-corrected chi connectivity index (χ3v) is 5.72. The molecule has 0 spiro atoms. The van der Waals surface area contributed by atoms with E-state index in [2.05, 4.69) is 15.5 Å². The summed E-state index contributed by atoms with van der Waals surface area (Å²) in [7, 11) is 0. The van der Waals surface area contributed by atoms with Gasteiger partial charge in [0.25, 0.3) is 11.5 Å². The predicted octanol–water partition coefficient (Wildman–Crippen LogP) is 4.59. The van der Waals surface area contributed by atoms with Crippen LogP contribution in [0.15, 0.2) is 35.6 Å². The molecule has 1 aromatic carbocycles. The minimum Gasteiger partial charge on any atom is -0.372 e. The Bertz CT molecular complexity index is 1080. The minimum atomic E-state index is -4.79. The third kappa shape index (κ3) is 4.09. The topological polar surface area (TPSA) is 66.8 Å². The first-order chi connectivity index (χ1) is 15.1. The van der Waals surface area contributed by atoms with Gasteiger partial charge in [-0.05, 0) is 35.4 Å². The molecule has 0 bridgehead atoms. The number of amidine groups is 1. The van der Waals surface area contributed by atoms with Gasteiger partial charge in [-0.25, -0.2) is 4.39 Å². The molecule has 1 atom stereocenters. The second kappa shape index (κ2) is 8.40. The number of benzene rings is 1. The smallest absolute Gasteiger partial charge is 0.372 e. The van der Waals surface area contributed by atoms with Gasteiger partial charge >= 0.3 is 6.18 Å². The van der Waals surface area contributed by atoms with Gasteiger partial charge in [0, 0.05) is 41.4 Å². The third-order valence-electron chi connectivity index (χ3n) is 5.28. The van der Waals surface area contributed by atoms with Crippen molar-refractivity contribution in [3.05, 3.63) is 62.9 Å². The average molecular weight is 491 g/mol. The summed E-state index contributed by atoms with van der Waals surface area (Å²) < 4.78 is 54.7. The van der Waals surface area contributed by atoms with Crippen LogP contribution in [0.5, 0.6) is 0 Å². The van der Waals surface area contributed by atoms with Crippen LogP contribution in [0, 0.1) is 0 Å². The van der Waals surface area contributed by atoms with E-state index in [1.54, 1.807) is 4.90 Å². The van der Waals surface area contributed by atoms with Crippen molar-refractivity contribution >= 4 is 34.9 Å². The van der Waals surface area contributed by atoms with Crippen LogP contribution >= 0.6 is 23.2 Å². The molecule has 170 valence electrons. The Hall–Kier alpha value is -2.59. The van der Waals surface area contributed by atoms with Crippen LogP contribution in [0.1, 0.15) is 33.6 Å². The van der Waals surface area contributed by atoms with Gasteiger partial charge in [0.05, 0.1) is 6.42 Å². The van der Waals surface area contributed by atoms with Crippen molar-refractivity contribution in [1.29, 1.82) is 0 Å². The molecular formula is C20H16Cl2F4N4O2. The Kier molecular flexibility index (Phi) is 5.93. The molecule has 0 radical (unpaired) electrons. The largest absolute Gasteiger partial charge is 0.435 e. The number of hydrogen-bond acceptors (Lipinski definition) is 5. The number of nitrogens with zero attached hydrogens (tertiary/aromatic N) is 3. The van der Waals surface area contributed by atoms with Gasteiger partial charge in [0.1, 0.15) is 18.2 Å². The summed E-state index contributed by atoms with van der Waals surface area (Å²) >= 11 is 11.8. The van der Waals surface area contributed by atoms with Crippen molar-refractivity contribution in [2.75, 3.05) is 13.2 Å². The fourth-order valence-electron chi connectivity index (χ4n) is 3.68. The van der Waals surface area contributed by atoms with E-state index >= 15 is 0 Å². The molecule has 3 heterocycles. The standard InChI is InChI=1S/C20H16Cl2F4N4O2/c21-14-4-13(5-15(22)6-14)19(20(24,25)26)7-17(29-32-19)30-9-11-3-16(18(31)27-2-1-23)28-8-12(11)10-30/h3-6,8H,1-2,7,9-10H2,(H,27,31). The maximum Gasteiger partial charge on any atom is 0.435 e. The summed E-state index contributed by atoms with van der Waals surface area (Å²) in [4.78, 5) is 22.7. The SMILES string of the molecule is O=C(NCCF)c1cc2c(cn1)CN(C1=NOC(c3cc(Cl)cc(Cl)c3)(C(F)(F)F)C1)C2. The molecule has 4 rings (SSSR count). The Morgan fingerprint density at radius 2 is 1.84 bits per heavy atom. The van der Waals surface area contributed by atoms with Gasteiger partial charge in [-0.2, -0.15) is 13.2 Å². The molecular weight excluding hydrogens is 475 g/mol. The van der Waals surface area contributed by atoms with Crippen molar-refractivity contribution in [1.82, 2.24) is 15.2 Å². The Morgan fingerprint density at radius 3 is 2.50 bits per heavy atom. The van der Waals surface area contributed by atoms with Crippen LogP contribution in [0.3, 0.4) is 0 Å². The zero-order valence-electron chi connectivity index (χ0n) is 16.3. The molecule has 1 unspecified atom stereocenters. The Balaban J connectivity index is 1.56. The maximum atomic E-state index is 14.1. The average Bonchev–Trinajstić information content (AvgIpc) is 3.35. The maximum absolute atomic E-state index is 14.1. The highest BCUT2D eigenvalue weighted by Crippen LogP contribution is 2.49. The number of rotatable bonds is 4. The minimum absolute atomic E-state index is 0.0476. The molecule has 1 amide bonds. The van der Waals surface area contributed by atoms with E-state index in [0.717, 1.165) is 17.7 Å². The van der Waals surface area contributed by atoms with Gasteiger partial charge in [-0.1, -0.05) is 28.4 Å². The fraction of sp³-hybridized carbons (Fsp3) is 0.350. The molecule has 2 aromatic rings. The van der Waals surface area contributed by atoms with Gasteiger partial charge in [0.2, 0.25) is 0 Å². The van der Waals surface area contributed by atoms with Crippen LogP contribution in [0.2, 0.25) is 10.0 Å². The van der Waals surface area contributed by atoms with E-state index in [0.29, 0.717) is 5.56 Å². The fourth-order valence-corrected chi connectivity index (χ4v) is 4.21. The number of fused-ring (bicyclic) bond motifs is 1. The first kappa shape index (κ1) is 22.6. The molecule has 0 saturated heterocycles. The van der Waals surface area contributed by atoms with Crippen LogP contribution < -0.4 is 5.32 Å². The number of carbonyl (C=O) groups excluding carboxylic acids is 1. The lowest BCUT2D eigenvalue weighted by atomic mass is 9.89. The second-order valence-corrected chi connectivity index (χ2v) is 8.27. The van der Waals surface area contributed by atoms with Crippen LogP contribution in [0.4, 0.5) is 17.6 Å². The number of halogens is 6. The van der Waals surface area contributed by atoms with Crippen LogP contribution in [-0.4, -0.2) is 41.0 Å². The van der Waals surface area contributed by atoms with E-state index in [9.17, 15) is 22.4 Å². The van der Waals surface area contributed by atoms with Crippen molar-refractivity contribution < 1.29 is 27.2 Å². The lowest BCUT2D eigenvalue weighted by Gasteiger charge is -2.30. The lowest BCUT2D eigenvalue weighted by Crippen LogP contribution is -2.43. The summed E-state index contributed by atoms with van der Waals surface area (Å²) in [5, 5.41) is 6.23. The highest BCUT2D eigenvalue weighted by atomic mass is 35.5. The summed E-state index contributed by atoms with van der Waals surface area (Å²) in [5.74, 6) is -0.433. The van der Waals surface area contributed by atoms with Crippen LogP contribution in [-0.2, 0) is 23.5 Å². The Morgan fingerprint density at radius 1 is 1.16 bits per heavy atom. The van der Waals surface area contributed by atoms with Gasteiger partial charge in [-0.3, -0.25) is 9.78 Å². The van der Waals surface area contributed by atoms with Crippen molar-refractivity contribution in [2.45, 2.75) is 31.3 Å². The summed E-state index contributed by atoms with van der Waals surface area (Å²) in [5.41, 5.74) is -1.41. The molecule has 0 fully saturated rings. The van der Waals surface area contributed by atoms with Crippen LogP contribution in [0.25, 0.3) is 0 Å². The van der Waals surface area contributed by atoms with E-state index in [1.807, 2.05) is 0 Å². The first-order valence-corrected chi connectivity index (χ1v) is 10.2. The van der Waals surface area contributed by atoms with E-state index in [1.165, 1.54) is 18.3 Å². The van der Waals surface area contributed by atoms with Gasteiger partial charge < -0.3 is 15.1 Å². The first-order valence-electron chi connectivity index (χ1n) is 9.48. The Labute approximate surface area is 190 Å². The number of oxime groups is 1. The number of aromatic nitrogens is 1. The number of carbonyl (C=O) groups is 1. The number of hydrogen-bond donors (Lipinski definition) is 1. The molecule has 2 aliphatic rings. The zero-order chi connectivity index (χ0) is 23.1. The molecule has 0 saturated carbocycles. The van der Waals surface area contributed by atoms with Gasteiger partial charge in [-0.15, -0.1) is 0 Å². The molecule has 12 heteroatoms. The van der Waals surface area contributed by atoms with E-state index < -0.39 is 30.8 Å². The number of alkyl halides is 4. The zero-order valence-corrected chi connectivity index (χ0v) is 17.9. The quantitative estimate of drug-likeness (QED) is 0.636. The highest BCUT2D eigenvalue weighted by molar-refractivity contribution is 6.34. The van der Waals surface area contributed by atoms with Crippen molar-refractivity contribution in [2.24, 2.45) is 5.16 Å². The lowest BCUT2D eigenvalue weighted by molar-refractivity contribution is -0.275. The molecule has 6 nitrogen and oxygen atoms in total. The monoisotopic (exact) mass is 490 g/mol.